The maximum Gasteiger partial charge on any atom is 0.0470 e. The standard InChI is InChI=1S/C14H18N2S/c1-3-15-13(14-8-7-11(2)17-14)10-12-6-4-5-9-16-12/h4-9,13,15H,3,10H2,1-2H3. The minimum absolute atomic E-state index is 0.383. The van der Waals surface area contributed by atoms with E-state index in [2.05, 4.69) is 42.3 Å². The number of nitrogens with one attached hydrogen (secondary N) is 1. The number of rotatable bonds is 5. The molecule has 2 aromatic heterocycles. The Morgan fingerprint density at radius 2 is 2.18 bits per heavy atom. The summed E-state index contributed by atoms with van der Waals surface area (Å²) >= 11 is 1.86. The smallest absolute Gasteiger partial charge is 0.0470 e. The lowest BCUT2D eigenvalue weighted by atomic mass is 10.1. The topological polar surface area (TPSA) is 24.9 Å². The average Bonchev–Trinajstić information content (AvgIpc) is 2.77. The van der Waals surface area contributed by atoms with Crippen molar-refractivity contribution in [3.63, 3.8) is 0 Å². The molecule has 1 N–H and O–H groups in total. The van der Waals surface area contributed by atoms with Crippen LogP contribution in [0.25, 0.3) is 0 Å². The van der Waals surface area contributed by atoms with Gasteiger partial charge in [-0.15, -0.1) is 11.3 Å². The summed E-state index contributed by atoms with van der Waals surface area (Å²) in [5, 5.41) is 3.53. The maximum absolute atomic E-state index is 4.40. The lowest BCUT2D eigenvalue weighted by Gasteiger charge is -2.15. The van der Waals surface area contributed by atoms with Crippen LogP contribution in [0.1, 0.15) is 28.4 Å². The second kappa shape index (κ2) is 5.94. The number of pyridine rings is 1. The third-order valence-corrected chi connectivity index (χ3v) is 3.81. The van der Waals surface area contributed by atoms with Crippen molar-refractivity contribution in [2.75, 3.05) is 6.54 Å². The molecule has 17 heavy (non-hydrogen) atoms. The SMILES string of the molecule is CCNC(Cc1ccccn1)c1ccc(C)s1. The minimum atomic E-state index is 0.383. The van der Waals surface area contributed by atoms with Gasteiger partial charge in [-0.1, -0.05) is 13.0 Å². The number of likely N-dealkylation sites (N-methyl/N-ethyl adjacent to an activating group) is 1. The zero-order valence-electron chi connectivity index (χ0n) is 10.3. The van der Waals surface area contributed by atoms with Crippen molar-refractivity contribution in [1.82, 2.24) is 10.3 Å². The van der Waals surface area contributed by atoms with Crippen molar-refractivity contribution < 1.29 is 0 Å². The molecule has 0 amide bonds. The number of hydrogen-bond acceptors (Lipinski definition) is 3. The van der Waals surface area contributed by atoms with Gasteiger partial charge in [-0.05, 0) is 37.7 Å². The second-order valence-corrected chi connectivity index (χ2v) is 5.40. The molecule has 0 aliphatic carbocycles. The van der Waals surface area contributed by atoms with E-state index < -0.39 is 0 Å². The van der Waals surface area contributed by atoms with Crippen LogP contribution in [0.3, 0.4) is 0 Å². The molecule has 0 aromatic carbocycles. The van der Waals surface area contributed by atoms with E-state index in [-0.39, 0.29) is 0 Å². The van der Waals surface area contributed by atoms with Crippen molar-refractivity contribution in [2.24, 2.45) is 0 Å². The quantitative estimate of drug-likeness (QED) is 0.875. The molecular formula is C14H18N2S. The molecule has 2 heterocycles. The van der Waals surface area contributed by atoms with Crippen LogP contribution in [0.15, 0.2) is 36.5 Å². The van der Waals surface area contributed by atoms with E-state index in [1.54, 1.807) is 0 Å². The van der Waals surface area contributed by atoms with Gasteiger partial charge in [0, 0.05) is 34.1 Å². The van der Waals surface area contributed by atoms with E-state index in [4.69, 9.17) is 0 Å². The molecule has 90 valence electrons. The minimum Gasteiger partial charge on any atom is -0.309 e. The Kier molecular flexibility index (Phi) is 4.29. The molecule has 2 aromatic rings. The number of nitrogens with zero attached hydrogens (tertiary/aromatic N) is 1. The molecule has 3 heteroatoms. The highest BCUT2D eigenvalue weighted by Gasteiger charge is 2.13. The average molecular weight is 246 g/mol. The first-order chi connectivity index (χ1) is 8.29. The summed E-state index contributed by atoms with van der Waals surface area (Å²) in [6.07, 6.45) is 2.81. The Morgan fingerprint density at radius 3 is 2.76 bits per heavy atom. The lowest BCUT2D eigenvalue weighted by Crippen LogP contribution is -2.22. The Hall–Kier alpha value is -1.19. The van der Waals surface area contributed by atoms with E-state index >= 15 is 0 Å². The number of aryl methyl sites for hydroxylation is 1. The Balaban J connectivity index is 2.13. The fourth-order valence-electron chi connectivity index (χ4n) is 1.89. The van der Waals surface area contributed by atoms with Crippen molar-refractivity contribution in [3.8, 4) is 0 Å². The number of aromatic nitrogens is 1. The molecule has 0 saturated heterocycles. The van der Waals surface area contributed by atoms with Crippen LogP contribution < -0.4 is 5.32 Å². The first-order valence-electron chi connectivity index (χ1n) is 5.99. The van der Waals surface area contributed by atoms with Crippen molar-refractivity contribution in [1.29, 1.82) is 0 Å². The number of hydrogen-bond donors (Lipinski definition) is 1. The van der Waals surface area contributed by atoms with E-state index in [1.807, 2.05) is 29.7 Å². The molecule has 2 rings (SSSR count). The summed E-state index contributed by atoms with van der Waals surface area (Å²) in [5.41, 5.74) is 1.14. The van der Waals surface area contributed by atoms with Gasteiger partial charge in [-0.3, -0.25) is 4.98 Å². The fourth-order valence-corrected chi connectivity index (χ4v) is 2.84. The summed E-state index contributed by atoms with van der Waals surface area (Å²) < 4.78 is 0. The van der Waals surface area contributed by atoms with Crippen LogP contribution in [0.2, 0.25) is 0 Å². The van der Waals surface area contributed by atoms with Crippen molar-refractivity contribution in [3.05, 3.63) is 52.0 Å². The van der Waals surface area contributed by atoms with Crippen LogP contribution in [0.4, 0.5) is 0 Å². The van der Waals surface area contributed by atoms with Crippen molar-refractivity contribution in [2.45, 2.75) is 26.3 Å². The molecule has 0 aliphatic heterocycles. The van der Waals surface area contributed by atoms with Crippen LogP contribution in [0, 0.1) is 6.92 Å². The van der Waals surface area contributed by atoms with E-state index in [1.165, 1.54) is 9.75 Å². The van der Waals surface area contributed by atoms with E-state index in [0.29, 0.717) is 6.04 Å². The Morgan fingerprint density at radius 1 is 1.29 bits per heavy atom. The monoisotopic (exact) mass is 246 g/mol. The zero-order valence-corrected chi connectivity index (χ0v) is 11.1. The summed E-state index contributed by atoms with van der Waals surface area (Å²) in [4.78, 5) is 7.16. The molecule has 0 saturated carbocycles. The van der Waals surface area contributed by atoms with Gasteiger partial charge in [0.15, 0.2) is 0 Å². The highest BCUT2D eigenvalue weighted by atomic mass is 32.1. The van der Waals surface area contributed by atoms with Crippen molar-refractivity contribution >= 4 is 11.3 Å². The maximum atomic E-state index is 4.40. The van der Waals surface area contributed by atoms with E-state index in [0.717, 1.165) is 18.7 Å². The Bertz CT molecular complexity index is 450. The van der Waals surface area contributed by atoms with Gasteiger partial charge in [-0.2, -0.15) is 0 Å². The molecule has 0 spiro atoms. The second-order valence-electron chi connectivity index (χ2n) is 4.08. The van der Waals surface area contributed by atoms with Gasteiger partial charge >= 0.3 is 0 Å². The lowest BCUT2D eigenvalue weighted by molar-refractivity contribution is 0.552. The predicted molar refractivity (Wildman–Crippen MR) is 73.4 cm³/mol. The third-order valence-electron chi connectivity index (χ3n) is 2.69. The van der Waals surface area contributed by atoms with Gasteiger partial charge < -0.3 is 5.32 Å². The fraction of sp³-hybridized carbons (Fsp3) is 0.357. The van der Waals surface area contributed by atoms with Gasteiger partial charge in [0.1, 0.15) is 0 Å². The highest BCUT2D eigenvalue weighted by Crippen LogP contribution is 2.25. The zero-order chi connectivity index (χ0) is 12.1. The molecular weight excluding hydrogens is 228 g/mol. The van der Waals surface area contributed by atoms with Crippen LogP contribution in [-0.2, 0) is 6.42 Å². The first kappa shape index (κ1) is 12.3. The largest absolute Gasteiger partial charge is 0.309 e. The van der Waals surface area contributed by atoms with Gasteiger partial charge in [0.05, 0.1) is 0 Å². The summed E-state index contributed by atoms with van der Waals surface area (Å²) in [5.74, 6) is 0. The molecule has 0 aliphatic rings. The molecule has 1 unspecified atom stereocenters. The molecule has 1 atom stereocenters. The van der Waals surface area contributed by atoms with Gasteiger partial charge in [-0.25, -0.2) is 0 Å². The third kappa shape index (κ3) is 3.38. The summed E-state index contributed by atoms with van der Waals surface area (Å²) in [7, 11) is 0. The molecule has 0 radical (unpaired) electrons. The summed E-state index contributed by atoms with van der Waals surface area (Å²) in [6.45, 7) is 5.28. The summed E-state index contributed by atoms with van der Waals surface area (Å²) in [6, 6.07) is 10.9. The molecule has 0 fully saturated rings. The van der Waals surface area contributed by atoms with Gasteiger partial charge in [0.25, 0.3) is 0 Å². The van der Waals surface area contributed by atoms with Gasteiger partial charge in [0.2, 0.25) is 0 Å². The molecule has 0 bridgehead atoms. The van der Waals surface area contributed by atoms with Crippen LogP contribution >= 0.6 is 11.3 Å². The highest BCUT2D eigenvalue weighted by molar-refractivity contribution is 7.12. The number of thiophene rings is 1. The van der Waals surface area contributed by atoms with E-state index in [9.17, 15) is 0 Å². The normalized spacial score (nSPS) is 12.6. The predicted octanol–water partition coefficient (Wildman–Crippen LogP) is 3.34. The first-order valence-corrected chi connectivity index (χ1v) is 6.81. The van der Waals surface area contributed by atoms with Crippen LogP contribution in [0.5, 0.6) is 0 Å². The Labute approximate surface area is 107 Å². The molecule has 2 nitrogen and oxygen atoms in total. The van der Waals surface area contributed by atoms with Crippen LogP contribution in [-0.4, -0.2) is 11.5 Å².